The number of aryl methyl sites for hydroxylation is 1. The van der Waals surface area contributed by atoms with Crippen LogP contribution in [0.3, 0.4) is 0 Å². The van der Waals surface area contributed by atoms with Crippen LogP contribution in [0.1, 0.15) is 144 Å². The number of hydrogen-bond acceptors (Lipinski definition) is 3. The number of rotatable bonds is 24. The average Bonchev–Trinajstić information content (AvgIpc) is 3.04. The van der Waals surface area contributed by atoms with E-state index in [1.165, 1.54) is 89.9 Å². The predicted octanol–water partition coefficient (Wildman–Crippen LogP) is 11.3. The van der Waals surface area contributed by atoms with E-state index in [4.69, 9.17) is 4.74 Å². The van der Waals surface area contributed by atoms with Crippen molar-refractivity contribution in [3.63, 3.8) is 0 Å². The fraction of sp³-hybridized carbons (Fsp3) is 0.537. The summed E-state index contributed by atoms with van der Waals surface area (Å²) in [6.07, 6.45) is 23.7. The van der Waals surface area contributed by atoms with Crippen molar-refractivity contribution in [1.82, 2.24) is 0 Å². The number of unbranched alkanes of at least 4 members (excludes halogenated alkanes) is 15. The lowest BCUT2D eigenvalue weighted by Gasteiger charge is -2.14. The minimum absolute atomic E-state index is 0.131. The molecule has 3 nitrogen and oxygen atoms in total. The minimum Gasteiger partial charge on any atom is -0.507 e. The summed E-state index contributed by atoms with van der Waals surface area (Å²) in [6.45, 7) is 2.80. The van der Waals surface area contributed by atoms with E-state index in [2.05, 4.69) is 43.3 Å². The average molecular weight is 599 g/mol. The monoisotopic (exact) mass is 598 g/mol. The maximum Gasteiger partial charge on any atom is 0.306 e. The van der Waals surface area contributed by atoms with Crippen molar-refractivity contribution in [2.24, 2.45) is 0 Å². The lowest BCUT2D eigenvalue weighted by molar-refractivity contribution is -0.143. The minimum atomic E-state index is -0.131. The van der Waals surface area contributed by atoms with Crippen LogP contribution in [-0.4, -0.2) is 17.7 Å². The van der Waals surface area contributed by atoms with Gasteiger partial charge in [0.1, 0.15) is 5.75 Å². The van der Waals surface area contributed by atoms with Gasteiger partial charge in [-0.3, -0.25) is 4.79 Å². The summed E-state index contributed by atoms with van der Waals surface area (Å²) >= 11 is 0. The van der Waals surface area contributed by atoms with E-state index < -0.39 is 0 Å². The molecule has 44 heavy (non-hydrogen) atoms. The highest BCUT2D eigenvalue weighted by Crippen LogP contribution is 2.30. The molecule has 0 radical (unpaired) electrons. The first-order chi connectivity index (χ1) is 21.7. The molecule has 0 atom stereocenters. The molecule has 0 aliphatic carbocycles. The number of carbonyl (C=O) groups is 1. The topological polar surface area (TPSA) is 46.5 Å². The van der Waals surface area contributed by atoms with E-state index in [1.807, 2.05) is 36.4 Å². The van der Waals surface area contributed by atoms with Crippen molar-refractivity contribution in [1.29, 1.82) is 0 Å². The van der Waals surface area contributed by atoms with Gasteiger partial charge in [-0.1, -0.05) is 176 Å². The van der Waals surface area contributed by atoms with Crippen LogP contribution in [0, 0.1) is 0 Å². The summed E-state index contributed by atoms with van der Waals surface area (Å²) in [4.78, 5) is 12.5. The molecule has 0 bridgehead atoms. The highest BCUT2D eigenvalue weighted by Gasteiger charge is 2.13. The van der Waals surface area contributed by atoms with Crippen molar-refractivity contribution in [3.8, 4) is 5.75 Å². The van der Waals surface area contributed by atoms with Gasteiger partial charge in [0.05, 0.1) is 6.61 Å². The molecule has 0 fully saturated rings. The number of benzene rings is 3. The Morgan fingerprint density at radius 2 is 0.977 bits per heavy atom. The molecule has 0 aliphatic heterocycles. The molecule has 3 aromatic rings. The molecular formula is C41H58O3. The van der Waals surface area contributed by atoms with Gasteiger partial charge in [0.15, 0.2) is 0 Å². The van der Waals surface area contributed by atoms with Gasteiger partial charge in [0, 0.05) is 19.3 Å². The van der Waals surface area contributed by atoms with Crippen LogP contribution < -0.4 is 0 Å². The molecule has 240 valence electrons. The zero-order valence-electron chi connectivity index (χ0n) is 27.5. The third-order valence-corrected chi connectivity index (χ3v) is 8.68. The van der Waals surface area contributed by atoms with Gasteiger partial charge in [-0.25, -0.2) is 0 Å². The fourth-order valence-corrected chi connectivity index (χ4v) is 6.03. The molecule has 0 saturated carbocycles. The third kappa shape index (κ3) is 15.1. The Kier molecular flexibility index (Phi) is 18.1. The summed E-state index contributed by atoms with van der Waals surface area (Å²) in [5.74, 6) is 0.223. The largest absolute Gasteiger partial charge is 0.507 e. The standard InChI is InChI=1S/C41H58O3/c1-2-3-4-5-6-7-8-9-10-11-12-13-14-15-16-23-30-44-40(42)29-28-37-33-38(31-35-24-19-17-20-25-35)41(43)39(34-37)32-36-26-21-18-22-27-36/h17-22,24-27,33-34,43H,2-16,23,28-32H2,1H3. The molecule has 1 N–H and O–H groups in total. The van der Waals surface area contributed by atoms with Crippen LogP contribution in [0.25, 0.3) is 0 Å². The zero-order chi connectivity index (χ0) is 31.1. The van der Waals surface area contributed by atoms with Crippen molar-refractivity contribution in [3.05, 3.63) is 101 Å². The molecule has 0 spiro atoms. The van der Waals surface area contributed by atoms with Crippen LogP contribution in [0.5, 0.6) is 5.75 Å². The van der Waals surface area contributed by atoms with Crippen LogP contribution in [0.2, 0.25) is 0 Å². The van der Waals surface area contributed by atoms with Gasteiger partial charge in [-0.15, -0.1) is 0 Å². The number of hydrogen-bond donors (Lipinski definition) is 1. The van der Waals surface area contributed by atoms with E-state index in [0.717, 1.165) is 40.7 Å². The SMILES string of the molecule is CCCCCCCCCCCCCCCCCCOC(=O)CCc1cc(Cc2ccccc2)c(O)c(Cc2ccccc2)c1. The normalized spacial score (nSPS) is 11.1. The number of phenolic OH excluding ortho intramolecular Hbond substituents is 1. The van der Waals surface area contributed by atoms with Gasteiger partial charge in [0.2, 0.25) is 0 Å². The number of carbonyl (C=O) groups excluding carboxylic acids is 1. The Labute approximate surface area is 268 Å². The van der Waals surface area contributed by atoms with Gasteiger partial charge in [-0.05, 0) is 40.7 Å². The Hall–Kier alpha value is -3.07. The number of phenols is 1. The molecular weight excluding hydrogens is 540 g/mol. The molecule has 3 heteroatoms. The van der Waals surface area contributed by atoms with E-state index in [-0.39, 0.29) is 5.97 Å². The summed E-state index contributed by atoms with van der Waals surface area (Å²) in [7, 11) is 0. The molecule has 0 heterocycles. The first-order valence-electron chi connectivity index (χ1n) is 17.7. The zero-order valence-corrected chi connectivity index (χ0v) is 27.5. The van der Waals surface area contributed by atoms with Gasteiger partial charge in [0.25, 0.3) is 0 Å². The van der Waals surface area contributed by atoms with Gasteiger partial charge >= 0.3 is 5.97 Å². The predicted molar refractivity (Wildman–Crippen MR) is 185 cm³/mol. The third-order valence-electron chi connectivity index (χ3n) is 8.68. The molecule has 3 aromatic carbocycles. The van der Waals surface area contributed by atoms with E-state index in [9.17, 15) is 9.90 Å². The lowest BCUT2D eigenvalue weighted by atomic mass is 9.93. The molecule has 0 saturated heterocycles. The Balaban J connectivity index is 1.29. The molecule has 0 amide bonds. The molecule has 0 unspecified atom stereocenters. The quantitative estimate of drug-likeness (QED) is 0.0824. The van der Waals surface area contributed by atoms with Crippen LogP contribution >= 0.6 is 0 Å². The van der Waals surface area contributed by atoms with Crippen molar-refractivity contribution < 1.29 is 14.6 Å². The first kappa shape index (κ1) is 35.4. The number of ether oxygens (including phenoxy) is 1. The second kappa shape index (κ2) is 22.4. The van der Waals surface area contributed by atoms with E-state index in [0.29, 0.717) is 38.0 Å². The maximum absolute atomic E-state index is 12.5. The number of esters is 1. The molecule has 0 aromatic heterocycles. The second-order valence-electron chi connectivity index (χ2n) is 12.6. The summed E-state index contributed by atoms with van der Waals surface area (Å²) < 4.78 is 5.57. The van der Waals surface area contributed by atoms with Crippen LogP contribution in [0.4, 0.5) is 0 Å². The van der Waals surface area contributed by atoms with E-state index in [1.54, 1.807) is 0 Å². The highest BCUT2D eigenvalue weighted by atomic mass is 16.5. The highest BCUT2D eigenvalue weighted by molar-refractivity contribution is 5.69. The van der Waals surface area contributed by atoms with Crippen molar-refractivity contribution in [2.75, 3.05) is 6.61 Å². The first-order valence-corrected chi connectivity index (χ1v) is 17.7. The van der Waals surface area contributed by atoms with Crippen LogP contribution in [0.15, 0.2) is 72.8 Å². The van der Waals surface area contributed by atoms with Crippen molar-refractivity contribution in [2.45, 2.75) is 135 Å². The smallest absolute Gasteiger partial charge is 0.306 e. The number of aromatic hydroxyl groups is 1. The lowest BCUT2D eigenvalue weighted by Crippen LogP contribution is -2.07. The summed E-state index contributed by atoms with van der Waals surface area (Å²) in [6, 6.07) is 24.5. The Morgan fingerprint density at radius 1 is 0.568 bits per heavy atom. The van der Waals surface area contributed by atoms with Crippen molar-refractivity contribution >= 4 is 5.97 Å². The Morgan fingerprint density at radius 3 is 1.41 bits per heavy atom. The fourth-order valence-electron chi connectivity index (χ4n) is 6.03. The second-order valence-corrected chi connectivity index (χ2v) is 12.6. The van der Waals surface area contributed by atoms with Crippen LogP contribution in [-0.2, 0) is 28.8 Å². The summed E-state index contributed by atoms with van der Waals surface area (Å²) in [5.41, 5.74) is 5.19. The molecule has 3 rings (SSSR count). The molecule has 0 aliphatic rings. The maximum atomic E-state index is 12.5. The van der Waals surface area contributed by atoms with Gasteiger partial charge in [-0.2, -0.15) is 0 Å². The van der Waals surface area contributed by atoms with E-state index >= 15 is 0 Å². The Bertz CT molecular complexity index is 1090. The summed E-state index contributed by atoms with van der Waals surface area (Å²) in [5, 5.41) is 11.1. The van der Waals surface area contributed by atoms with Gasteiger partial charge < -0.3 is 9.84 Å².